The maximum absolute atomic E-state index is 12.6. The molecule has 9 nitrogen and oxygen atoms in total. The van der Waals surface area contributed by atoms with Crippen molar-refractivity contribution in [2.75, 3.05) is 26.4 Å². The smallest absolute Gasteiger partial charge is 0.462 e. The topological polar surface area (TPSA) is 134 Å². The Labute approximate surface area is 349 Å². The van der Waals surface area contributed by atoms with E-state index in [4.69, 9.17) is 24.3 Å². The van der Waals surface area contributed by atoms with Crippen molar-refractivity contribution in [3.8, 4) is 0 Å². The molecule has 2 atom stereocenters. The van der Waals surface area contributed by atoms with Crippen LogP contribution in [-0.2, 0) is 32.7 Å². The third-order valence-electron chi connectivity index (χ3n) is 9.72. The van der Waals surface area contributed by atoms with Crippen LogP contribution in [0.5, 0.6) is 0 Å². The van der Waals surface area contributed by atoms with Crippen LogP contribution in [0.4, 0.5) is 0 Å². The molecule has 0 saturated heterocycles. The monoisotopic (exact) mass is 824 g/mol. The summed E-state index contributed by atoms with van der Waals surface area (Å²) in [5, 5.41) is 0. The third-order valence-corrected chi connectivity index (χ3v) is 10.7. The van der Waals surface area contributed by atoms with Gasteiger partial charge in [0, 0.05) is 19.4 Å². The number of carbonyl (C=O) groups excluding carboxylic acids is 2. The molecule has 0 fully saturated rings. The number of phosphoric acid groups is 1. The van der Waals surface area contributed by atoms with Gasteiger partial charge in [-0.1, -0.05) is 191 Å². The van der Waals surface area contributed by atoms with Crippen molar-refractivity contribution >= 4 is 19.8 Å². The van der Waals surface area contributed by atoms with Crippen molar-refractivity contribution < 1.29 is 37.6 Å². The van der Waals surface area contributed by atoms with Gasteiger partial charge < -0.3 is 20.1 Å². The molecule has 0 radical (unpaired) electrons. The molecule has 332 valence electrons. The molecule has 0 aliphatic rings. The number of ether oxygens (including phenoxy) is 2. The molecule has 0 bridgehead atoms. The van der Waals surface area contributed by atoms with E-state index in [0.29, 0.717) is 12.8 Å². The zero-order valence-corrected chi connectivity index (χ0v) is 37.5. The van der Waals surface area contributed by atoms with Gasteiger partial charge in [-0.15, -0.1) is 0 Å². The lowest BCUT2D eigenvalue weighted by atomic mass is 10.0. The first kappa shape index (κ1) is 55.0. The molecule has 0 aliphatic carbocycles. The van der Waals surface area contributed by atoms with Crippen LogP contribution in [0.15, 0.2) is 48.6 Å². The van der Waals surface area contributed by atoms with E-state index < -0.39 is 32.5 Å². The Hall–Kier alpha value is -2.03. The fourth-order valence-corrected chi connectivity index (χ4v) is 7.04. The van der Waals surface area contributed by atoms with E-state index in [1.165, 1.54) is 128 Å². The zero-order chi connectivity index (χ0) is 41.8. The predicted molar refractivity (Wildman–Crippen MR) is 238 cm³/mol. The maximum atomic E-state index is 12.6. The van der Waals surface area contributed by atoms with Gasteiger partial charge in [0.05, 0.1) is 13.2 Å². The summed E-state index contributed by atoms with van der Waals surface area (Å²) in [7, 11) is -4.39. The molecular weight excluding hydrogens is 737 g/mol. The van der Waals surface area contributed by atoms with Crippen LogP contribution in [-0.4, -0.2) is 49.3 Å². The zero-order valence-electron chi connectivity index (χ0n) is 36.6. The van der Waals surface area contributed by atoms with E-state index in [9.17, 15) is 19.0 Å². The van der Waals surface area contributed by atoms with Crippen molar-refractivity contribution in [1.82, 2.24) is 0 Å². The molecule has 0 saturated carbocycles. The lowest BCUT2D eigenvalue weighted by molar-refractivity contribution is -0.161. The summed E-state index contributed by atoms with van der Waals surface area (Å²) in [5.41, 5.74) is 5.35. The average Bonchev–Trinajstić information content (AvgIpc) is 3.20. The number of carbonyl (C=O) groups is 2. The van der Waals surface area contributed by atoms with E-state index in [1.54, 1.807) is 0 Å². The van der Waals surface area contributed by atoms with Crippen molar-refractivity contribution in [3.63, 3.8) is 0 Å². The van der Waals surface area contributed by atoms with Gasteiger partial charge in [-0.25, -0.2) is 4.57 Å². The maximum Gasteiger partial charge on any atom is 0.472 e. The Morgan fingerprint density at radius 2 is 0.930 bits per heavy atom. The second-order valence-electron chi connectivity index (χ2n) is 15.3. The number of hydrogen-bond donors (Lipinski definition) is 2. The quantitative estimate of drug-likeness (QED) is 0.0267. The Kier molecular flexibility index (Phi) is 42.0. The Balaban J connectivity index is 4.21. The Morgan fingerprint density at radius 1 is 0.526 bits per heavy atom. The van der Waals surface area contributed by atoms with Gasteiger partial charge in [0.15, 0.2) is 6.10 Å². The molecule has 0 rings (SSSR count). The fraction of sp³-hybridized carbons (Fsp3) is 0.787. The minimum atomic E-state index is -4.39. The van der Waals surface area contributed by atoms with Crippen molar-refractivity contribution in [1.29, 1.82) is 0 Å². The minimum absolute atomic E-state index is 0.0445. The van der Waals surface area contributed by atoms with Crippen LogP contribution >= 0.6 is 7.82 Å². The molecule has 0 aromatic carbocycles. The van der Waals surface area contributed by atoms with Gasteiger partial charge >= 0.3 is 19.8 Å². The molecule has 10 heteroatoms. The van der Waals surface area contributed by atoms with Gasteiger partial charge in [-0.3, -0.25) is 18.6 Å². The van der Waals surface area contributed by atoms with Crippen LogP contribution in [0, 0.1) is 0 Å². The molecule has 0 spiro atoms. The van der Waals surface area contributed by atoms with Crippen LogP contribution < -0.4 is 5.73 Å². The molecule has 3 N–H and O–H groups in total. The second kappa shape index (κ2) is 43.5. The van der Waals surface area contributed by atoms with Crippen molar-refractivity contribution in [3.05, 3.63) is 48.6 Å². The first-order chi connectivity index (χ1) is 27.8. The normalized spacial score (nSPS) is 13.7. The van der Waals surface area contributed by atoms with E-state index >= 15 is 0 Å². The SMILES string of the molecule is CCCCCCCCC/C=C/C/C=C/C/C=C/C/C=C/CCCC(=O)O[C@H](COC(=O)CCCCCCCCCCCCCCCCC)COP(=O)(O)OCCN. The van der Waals surface area contributed by atoms with E-state index in [2.05, 4.69) is 56.4 Å². The summed E-state index contributed by atoms with van der Waals surface area (Å²) in [4.78, 5) is 34.9. The van der Waals surface area contributed by atoms with Crippen molar-refractivity contribution in [2.45, 2.75) is 213 Å². The van der Waals surface area contributed by atoms with E-state index in [0.717, 1.165) is 38.5 Å². The highest BCUT2D eigenvalue weighted by Crippen LogP contribution is 2.43. The average molecular weight is 824 g/mol. The lowest BCUT2D eigenvalue weighted by Gasteiger charge is -2.19. The largest absolute Gasteiger partial charge is 0.472 e. The summed E-state index contributed by atoms with van der Waals surface area (Å²) < 4.78 is 32.8. The van der Waals surface area contributed by atoms with E-state index in [1.807, 2.05) is 6.08 Å². The number of rotatable bonds is 43. The van der Waals surface area contributed by atoms with Crippen LogP contribution in [0.3, 0.4) is 0 Å². The molecule has 0 amide bonds. The van der Waals surface area contributed by atoms with Gasteiger partial charge in [-0.2, -0.15) is 0 Å². The summed E-state index contributed by atoms with van der Waals surface area (Å²) in [6, 6.07) is 0. The standard InChI is InChI=1S/C47H86NO8P/c1-3-5-7-9-11-13-15-17-19-20-21-22-23-24-26-28-30-32-34-36-38-40-47(50)56-45(44-55-57(51,52)54-42-41-48)43-53-46(49)39-37-35-33-31-29-27-25-18-16-14-12-10-8-6-4-2/h19-20,22-23,26,28,32,34,45H,3-18,21,24-25,27,29-31,33,35-44,48H2,1-2H3,(H,51,52)/b20-19+,23-22+,28-26+,34-32+/t45-/m1/s1. The number of unbranched alkanes of at least 4 members (excludes halogenated alkanes) is 22. The van der Waals surface area contributed by atoms with E-state index in [-0.39, 0.29) is 32.6 Å². The molecule has 1 unspecified atom stereocenters. The predicted octanol–water partition coefficient (Wildman–Crippen LogP) is 13.5. The molecular formula is C47H86NO8P. The number of allylic oxidation sites excluding steroid dienone is 8. The Morgan fingerprint density at radius 3 is 1.40 bits per heavy atom. The lowest BCUT2D eigenvalue weighted by Crippen LogP contribution is -2.29. The molecule has 0 aromatic heterocycles. The van der Waals surface area contributed by atoms with Gasteiger partial charge in [0.25, 0.3) is 0 Å². The second-order valence-corrected chi connectivity index (χ2v) is 16.7. The summed E-state index contributed by atoms with van der Waals surface area (Å²) in [6.45, 7) is 3.68. The Bertz CT molecular complexity index is 1080. The minimum Gasteiger partial charge on any atom is -0.462 e. The third kappa shape index (κ3) is 43.4. The highest BCUT2D eigenvalue weighted by atomic mass is 31.2. The molecule has 0 aromatic rings. The first-order valence-electron chi connectivity index (χ1n) is 23.1. The van der Waals surface area contributed by atoms with Gasteiger partial charge in [0.1, 0.15) is 6.61 Å². The van der Waals surface area contributed by atoms with Crippen molar-refractivity contribution in [2.24, 2.45) is 5.73 Å². The molecule has 57 heavy (non-hydrogen) atoms. The van der Waals surface area contributed by atoms with Gasteiger partial charge in [-0.05, 0) is 51.4 Å². The molecule has 0 heterocycles. The number of esters is 2. The highest BCUT2D eigenvalue weighted by Gasteiger charge is 2.26. The van der Waals surface area contributed by atoms with Gasteiger partial charge in [0.2, 0.25) is 0 Å². The number of nitrogens with two attached hydrogens (primary N) is 1. The first-order valence-corrected chi connectivity index (χ1v) is 24.6. The summed E-state index contributed by atoms with van der Waals surface area (Å²) in [6.07, 6.45) is 50.1. The van der Waals surface area contributed by atoms with Crippen LogP contribution in [0.2, 0.25) is 0 Å². The summed E-state index contributed by atoms with van der Waals surface area (Å²) in [5.74, 6) is -0.889. The summed E-state index contributed by atoms with van der Waals surface area (Å²) >= 11 is 0. The van der Waals surface area contributed by atoms with Crippen LogP contribution in [0.1, 0.15) is 206 Å². The number of phosphoric ester groups is 1. The fourth-order valence-electron chi connectivity index (χ4n) is 6.27. The molecule has 0 aliphatic heterocycles. The van der Waals surface area contributed by atoms with Crippen LogP contribution in [0.25, 0.3) is 0 Å². The highest BCUT2D eigenvalue weighted by molar-refractivity contribution is 7.47. The number of hydrogen-bond acceptors (Lipinski definition) is 8.